The van der Waals surface area contributed by atoms with Crippen LogP contribution in [0.3, 0.4) is 0 Å². The number of aromatic carboxylic acids is 1. The lowest BCUT2D eigenvalue weighted by molar-refractivity contribution is 0.0690. The molecule has 3 aliphatic rings. The predicted octanol–water partition coefficient (Wildman–Crippen LogP) is 5.75. The van der Waals surface area contributed by atoms with E-state index in [2.05, 4.69) is 26.9 Å². The van der Waals surface area contributed by atoms with Crippen molar-refractivity contribution in [2.75, 3.05) is 11.5 Å². The molecule has 1 N–H and O–H groups in total. The number of rotatable bonds is 10. The maximum atomic E-state index is 11.6. The highest BCUT2D eigenvalue weighted by molar-refractivity contribution is 5.85. The number of ether oxygens (including phenoxy) is 1. The quantitative estimate of drug-likeness (QED) is 0.427. The van der Waals surface area contributed by atoms with Gasteiger partial charge in [0.1, 0.15) is 5.76 Å². The fraction of sp³-hybridized carbons (Fsp3) is 0.704. The largest absolute Gasteiger partial charge is 0.477 e. The number of hydrogen-bond acceptors (Lipinski definition) is 7. The molecule has 1 unspecified atom stereocenters. The van der Waals surface area contributed by atoms with Gasteiger partial charge in [-0.1, -0.05) is 31.3 Å². The Labute approximate surface area is 207 Å². The smallest absolute Gasteiger partial charge is 0.354 e. The van der Waals surface area contributed by atoms with Gasteiger partial charge in [-0.15, -0.1) is 0 Å². The molecule has 0 bridgehead atoms. The second kappa shape index (κ2) is 10.6. The van der Waals surface area contributed by atoms with E-state index in [0.29, 0.717) is 42.7 Å². The lowest BCUT2D eigenvalue weighted by Crippen LogP contribution is -2.38. The summed E-state index contributed by atoms with van der Waals surface area (Å²) in [5.74, 6) is 1.62. The Balaban J connectivity index is 1.25. The molecule has 190 valence electrons. The molecular weight excluding hydrogens is 444 g/mol. The Morgan fingerprint density at radius 3 is 2.57 bits per heavy atom. The van der Waals surface area contributed by atoms with Gasteiger partial charge in [-0.05, 0) is 64.4 Å². The van der Waals surface area contributed by atoms with Crippen LogP contribution >= 0.6 is 0 Å². The van der Waals surface area contributed by atoms with Gasteiger partial charge < -0.3 is 19.3 Å². The molecule has 2 aromatic heterocycles. The minimum absolute atomic E-state index is 0.0551. The first kappa shape index (κ1) is 24.2. The van der Waals surface area contributed by atoms with E-state index in [1.54, 1.807) is 0 Å². The zero-order chi connectivity index (χ0) is 24.4. The molecule has 8 heteroatoms. The third kappa shape index (κ3) is 5.37. The number of anilines is 1. The number of aryl methyl sites for hydroxylation is 1. The van der Waals surface area contributed by atoms with E-state index < -0.39 is 5.97 Å². The van der Waals surface area contributed by atoms with Gasteiger partial charge in [0.05, 0.1) is 12.3 Å². The summed E-state index contributed by atoms with van der Waals surface area (Å²) in [6.45, 7) is 5.19. The van der Waals surface area contributed by atoms with E-state index in [1.165, 1.54) is 56.6 Å². The third-order valence-corrected chi connectivity index (χ3v) is 8.01. The molecule has 2 aliphatic carbocycles. The van der Waals surface area contributed by atoms with Crippen LogP contribution in [0.4, 0.5) is 5.95 Å². The standard InChI is InChI=1S/C27H38N4O4/c1-3-20-11-12-21(31(20)27-28-17(2)15-23(29-27)26(32)33)13-14-34-16-22-24(18-7-5-4-6-8-18)30-35-25(22)19-9-10-19/h15,18-21H,3-14,16H2,1-2H3,(H,32,33)/t20?,21-/m0/s1. The van der Waals surface area contributed by atoms with Crippen LogP contribution in [0.15, 0.2) is 10.6 Å². The highest BCUT2D eigenvalue weighted by Gasteiger charge is 2.36. The maximum absolute atomic E-state index is 11.6. The fourth-order valence-electron chi connectivity index (χ4n) is 5.99. The summed E-state index contributed by atoms with van der Waals surface area (Å²) in [6, 6.07) is 2.09. The average molecular weight is 483 g/mol. The van der Waals surface area contributed by atoms with Gasteiger partial charge in [0, 0.05) is 41.8 Å². The second-order valence-electron chi connectivity index (χ2n) is 10.6. The molecular formula is C27H38N4O4. The van der Waals surface area contributed by atoms with Crippen molar-refractivity contribution in [2.45, 2.75) is 115 Å². The topological polar surface area (TPSA) is 102 Å². The summed E-state index contributed by atoms with van der Waals surface area (Å²) in [5, 5.41) is 14.0. The maximum Gasteiger partial charge on any atom is 0.354 e. The number of carboxylic acid groups (broad SMARTS) is 1. The first-order valence-electron chi connectivity index (χ1n) is 13.5. The van der Waals surface area contributed by atoms with E-state index in [0.717, 1.165) is 37.1 Å². The molecule has 2 saturated carbocycles. The molecule has 0 aromatic carbocycles. The zero-order valence-corrected chi connectivity index (χ0v) is 21.0. The molecule has 5 rings (SSSR count). The Kier molecular flexibility index (Phi) is 7.37. The SMILES string of the molecule is CCC1CC[C@@H](CCOCc2c(C3CCCCC3)noc2C2CC2)N1c1nc(C)cc(C(=O)O)n1. The highest BCUT2D eigenvalue weighted by Crippen LogP contribution is 2.45. The first-order valence-corrected chi connectivity index (χ1v) is 13.5. The summed E-state index contributed by atoms with van der Waals surface area (Å²) in [7, 11) is 0. The van der Waals surface area contributed by atoms with Crippen molar-refractivity contribution < 1.29 is 19.2 Å². The van der Waals surface area contributed by atoms with Crippen LogP contribution in [0.5, 0.6) is 0 Å². The molecule has 3 fully saturated rings. The van der Waals surface area contributed by atoms with Crippen LogP contribution in [-0.2, 0) is 11.3 Å². The molecule has 2 atom stereocenters. The first-order chi connectivity index (χ1) is 17.0. The van der Waals surface area contributed by atoms with Gasteiger partial charge in [0.25, 0.3) is 0 Å². The van der Waals surface area contributed by atoms with Gasteiger partial charge in [-0.3, -0.25) is 0 Å². The van der Waals surface area contributed by atoms with Crippen molar-refractivity contribution in [3.63, 3.8) is 0 Å². The molecule has 35 heavy (non-hydrogen) atoms. The van der Waals surface area contributed by atoms with Crippen LogP contribution < -0.4 is 4.90 Å². The minimum Gasteiger partial charge on any atom is -0.477 e. The van der Waals surface area contributed by atoms with Crippen LogP contribution in [0.2, 0.25) is 0 Å². The Morgan fingerprint density at radius 1 is 1.09 bits per heavy atom. The third-order valence-electron chi connectivity index (χ3n) is 8.01. The number of hydrogen-bond donors (Lipinski definition) is 1. The summed E-state index contributed by atoms with van der Waals surface area (Å²) >= 11 is 0. The summed E-state index contributed by atoms with van der Waals surface area (Å²) < 4.78 is 12.1. The Hall–Kier alpha value is -2.48. The van der Waals surface area contributed by atoms with Crippen LogP contribution in [0.25, 0.3) is 0 Å². The molecule has 1 aliphatic heterocycles. The van der Waals surface area contributed by atoms with E-state index >= 15 is 0 Å². The van der Waals surface area contributed by atoms with Crippen LogP contribution in [-0.4, -0.2) is 44.9 Å². The minimum atomic E-state index is -1.02. The van der Waals surface area contributed by atoms with Gasteiger partial charge >= 0.3 is 5.97 Å². The molecule has 0 amide bonds. The number of aromatic nitrogens is 3. The van der Waals surface area contributed by atoms with Gasteiger partial charge in [0.15, 0.2) is 5.69 Å². The molecule has 1 saturated heterocycles. The van der Waals surface area contributed by atoms with E-state index in [9.17, 15) is 9.90 Å². The molecule has 3 heterocycles. The predicted molar refractivity (Wildman–Crippen MR) is 132 cm³/mol. The lowest BCUT2D eigenvalue weighted by Gasteiger charge is -2.30. The average Bonchev–Trinajstić information content (AvgIpc) is 3.48. The fourth-order valence-corrected chi connectivity index (χ4v) is 5.99. The zero-order valence-electron chi connectivity index (χ0n) is 21.0. The normalized spacial score (nSPS) is 23.2. The molecule has 0 radical (unpaired) electrons. The van der Waals surface area contributed by atoms with Crippen molar-refractivity contribution in [1.29, 1.82) is 0 Å². The van der Waals surface area contributed by atoms with Gasteiger partial charge in [-0.2, -0.15) is 0 Å². The van der Waals surface area contributed by atoms with Crippen molar-refractivity contribution in [3.05, 3.63) is 34.5 Å². The van der Waals surface area contributed by atoms with Crippen molar-refractivity contribution in [2.24, 2.45) is 0 Å². The van der Waals surface area contributed by atoms with E-state index in [1.807, 2.05) is 6.92 Å². The van der Waals surface area contributed by atoms with Crippen molar-refractivity contribution >= 4 is 11.9 Å². The summed E-state index contributed by atoms with van der Waals surface area (Å²) in [5.41, 5.74) is 3.09. The number of carbonyl (C=O) groups is 1. The second-order valence-corrected chi connectivity index (χ2v) is 10.6. The van der Waals surface area contributed by atoms with Gasteiger partial charge in [0.2, 0.25) is 5.95 Å². The Bertz CT molecular complexity index is 1030. The van der Waals surface area contributed by atoms with Gasteiger partial charge in [-0.25, -0.2) is 14.8 Å². The number of carboxylic acids is 1. The summed E-state index contributed by atoms with van der Waals surface area (Å²) in [6.07, 6.45) is 12.6. The van der Waals surface area contributed by atoms with Crippen LogP contribution in [0, 0.1) is 6.92 Å². The lowest BCUT2D eigenvalue weighted by atomic mass is 9.85. The highest BCUT2D eigenvalue weighted by atomic mass is 16.5. The van der Waals surface area contributed by atoms with Crippen LogP contribution in [0.1, 0.15) is 123 Å². The van der Waals surface area contributed by atoms with E-state index in [4.69, 9.17) is 9.26 Å². The van der Waals surface area contributed by atoms with Crippen molar-refractivity contribution in [3.8, 4) is 0 Å². The monoisotopic (exact) mass is 482 g/mol. The molecule has 8 nitrogen and oxygen atoms in total. The van der Waals surface area contributed by atoms with Crippen molar-refractivity contribution in [1.82, 2.24) is 15.1 Å². The molecule has 2 aromatic rings. The summed E-state index contributed by atoms with van der Waals surface area (Å²) in [4.78, 5) is 22.8. The van der Waals surface area contributed by atoms with E-state index in [-0.39, 0.29) is 11.7 Å². The molecule has 0 spiro atoms. The number of nitrogens with zero attached hydrogens (tertiary/aromatic N) is 4. The Morgan fingerprint density at radius 2 is 1.86 bits per heavy atom.